The molecule has 0 spiro atoms. The molecule has 0 saturated heterocycles. The van der Waals surface area contributed by atoms with E-state index in [1.807, 2.05) is 24.7 Å². The van der Waals surface area contributed by atoms with Crippen LogP contribution in [0.2, 0.25) is 5.02 Å². The van der Waals surface area contributed by atoms with E-state index in [0.717, 1.165) is 30.1 Å². The molecule has 2 aromatic heterocycles. The zero-order valence-electron chi connectivity index (χ0n) is 10.6. The van der Waals surface area contributed by atoms with Crippen molar-refractivity contribution in [3.05, 3.63) is 33.2 Å². The molecule has 2 heterocycles. The molecule has 0 radical (unpaired) electrons. The van der Waals surface area contributed by atoms with Gasteiger partial charge in [-0.2, -0.15) is 0 Å². The molecule has 0 aliphatic rings. The fourth-order valence-electron chi connectivity index (χ4n) is 1.78. The summed E-state index contributed by atoms with van der Waals surface area (Å²) in [6.07, 6.45) is 3.90. The van der Waals surface area contributed by atoms with Crippen LogP contribution in [0.5, 0.6) is 0 Å². The summed E-state index contributed by atoms with van der Waals surface area (Å²) in [5.74, 6) is 0. The second-order valence-electron chi connectivity index (χ2n) is 4.22. The summed E-state index contributed by atoms with van der Waals surface area (Å²) < 4.78 is 1.73. The Balaban J connectivity index is 2.12. The minimum Gasteiger partial charge on any atom is -0.308 e. The fraction of sp³-hybridized carbons (Fsp3) is 0.500. The molecule has 1 atom stereocenters. The van der Waals surface area contributed by atoms with Gasteiger partial charge in [0, 0.05) is 24.5 Å². The Labute approximate surface area is 116 Å². The molecule has 0 fully saturated rings. The van der Waals surface area contributed by atoms with Crippen molar-refractivity contribution in [2.45, 2.75) is 25.8 Å². The van der Waals surface area contributed by atoms with Gasteiger partial charge in [-0.15, -0.1) is 16.4 Å². The van der Waals surface area contributed by atoms with Crippen molar-refractivity contribution in [2.75, 3.05) is 6.54 Å². The first-order valence-electron chi connectivity index (χ1n) is 6.02. The van der Waals surface area contributed by atoms with Gasteiger partial charge in [-0.05, 0) is 24.4 Å². The van der Waals surface area contributed by atoms with Gasteiger partial charge in [-0.25, -0.2) is 0 Å². The number of halogens is 1. The van der Waals surface area contributed by atoms with Crippen LogP contribution < -0.4 is 5.32 Å². The van der Waals surface area contributed by atoms with Gasteiger partial charge in [0.2, 0.25) is 0 Å². The highest BCUT2D eigenvalue weighted by molar-refractivity contribution is 7.10. The van der Waals surface area contributed by atoms with Gasteiger partial charge in [0.05, 0.1) is 16.8 Å². The Morgan fingerprint density at radius 3 is 2.94 bits per heavy atom. The Kier molecular flexibility index (Phi) is 4.74. The summed E-state index contributed by atoms with van der Waals surface area (Å²) in [4.78, 5) is 1.19. The Morgan fingerprint density at radius 1 is 1.56 bits per heavy atom. The maximum atomic E-state index is 6.15. The molecule has 0 aliphatic carbocycles. The van der Waals surface area contributed by atoms with Gasteiger partial charge in [0.1, 0.15) is 0 Å². The molecule has 1 unspecified atom stereocenters. The van der Waals surface area contributed by atoms with Crippen molar-refractivity contribution in [3.8, 4) is 0 Å². The quantitative estimate of drug-likeness (QED) is 0.887. The minimum atomic E-state index is 0.176. The molecule has 0 saturated carbocycles. The van der Waals surface area contributed by atoms with Gasteiger partial charge in [0.15, 0.2) is 0 Å². The predicted octanol–water partition coefficient (Wildman–Crippen LogP) is 2.81. The third kappa shape index (κ3) is 3.31. The molecule has 0 aromatic carbocycles. The summed E-state index contributed by atoms with van der Waals surface area (Å²) in [5, 5.41) is 14.5. The lowest BCUT2D eigenvalue weighted by molar-refractivity contribution is 0.520. The summed E-state index contributed by atoms with van der Waals surface area (Å²) >= 11 is 7.84. The van der Waals surface area contributed by atoms with Crippen LogP contribution in [0, 0.1) is 0 Å². The normalized spacial score (nSPS) is 12.8. The molecule has 0 bridgehead atoms. The highest BCUT2D eigenvalue weighted by Crippen LogP contribution is 2.27. The third-order valence-electron chi connectivity index (χ3n) is 2.70. The maximum Gasteiger partial charge on any atom is 0.0999 e. The molecule has 0 aliphatic heterocycles. The van der Waals surface area contributed by atoms with Gasteiger partial charge < -0.3 is 5.32 Å². The number of nitrogens with one attached hydrogen (secondary N) is 1. The maximum absolute atomic E-state index is 6.15. The number of aromatic nitrogens is 3. The Hall–Kier alpha value is -0.910. The smallest absolute Gasteiger partial charge is 0.0999 e. The van der Waals surface area contributed by atoms with Crippen molar-refractivity contribution in [1.29, 1.82) is 0 Å². The van der Waals surface area contributed by atoms with E-state index in [1.54, 1.807) is 16.0 Å². The zero-order valence-corrected chi connectivity index (χ0v) is 12.1. The first-order chi connectivity index (χ1) is 8.70. The first kappa shape index (κ1) is 13.5. The molecule has 1 N–H and O–H groups in total. The second kappa shape index (κ2) is 6.31. The average Bonchev–Trinajstić information content (AvgIpc) is 2.94. The van der Waals surface area contributed by atoms with E-state index in [-0.39, 0.29) is 6.04 Å². The van der Waals surface area contributed by atoms with Gasteiger partial charge >= 0.3 is 0 Å². The third-order valence-corrected chi connectivity index (χ3v) is 4.11. The standard InChI is InChI=1S/C12H17ClN4S/c1-3-5-14-10(11-8-17(2)16-15-11)7-12-9(13)4-6-18-12/h4,6,8,10,14H,3,5,7H2,1-2H3. The number of aryl methyl sites for hydroxylation is 1. The van der Waals surface area contributed by atoms with Gasteiger partial charge in [-0.3, -0.25) is 4.68 Å². The molecule has 18 heavy (non-hydrogen) atoms. The fourth-order valence-corrected chi connectivity index (χ4v) is 2.94. The van der Waals surface area contributed by atoms with E-state index in [4.69, 9.17) is 11.6 Å². The monoisotopic (exact) mass is 284 g/mol. The van der Waals surface area contributed by atoms with Crippen molar-refractivity contribution in [2.24, 2.45) is 7.05 Å². The minimum absolute atomic E-state index is 0.176. The SMILES string of the molecule is CCCNC(Cc1sccc1Cl)c1cn(C)nn1. The van der Waals surface area contributed by atoms with Crippen LogP contribution >= 0.6 is 22.9 Å². The Morgan fingerprint density at radius 2 is 2.39 bits per heavy atom. The Bertz CT molecular complexity index is 494. The van der Waals surface area contributed by atoms with E-state index in [2.05, 4.69) is 22.6 Å². The van der Waals surface area contributed by atoms with Gasteiger partial charge in [0.25, 0.3) is 0 Å². The molecular formula is C12H17ClN4S. The summed E-state index contributed by atoms with van der Waals surface area (Å²) in [6.45, 7) is 3.11. The van der Waals surface area contributed by atoms with Crippen molar-refractivity contribution < 1.29 is 0 Å². The van der Waals surface area contributed by atoms with E-state index >= 15 is 0 Å². The highest BCUT2D eigenvalue weighted by atomic mass is 35.5. The number of rotatable bonds is 6. The van der Waals surface area contributed by atoms with Gasteiger partial charge in [-0.1, -0.05) is 23.7 Å². The van der Waals surface area contributed by atoms with Crippen LogP contribution in [0.15, 0.2) is 17.6 Å². The topological polar surface area (TPSA) is 42.7 Å². The van der Waals surface area contributed by atoms with Crippen LogP contribution in [0.3, 0.4) is 0 Å². The van der Waals surface area contributed by atoms with Crippen LogP contribution in [-0.4, -0.2) is 21.5 Å². The largest absolute Gasteiger partial charge is 0.308 e. The number of thiophene rings is 1. The van der Waals surface area contributed by atoms with Crippen LogP contribution in [0.1, 0.15) is 30.0 Å². The molecule has 98 valence electrons. The lowest BCUT2D eigenvalue weighted by Gasteiger charge is -2.15. The molecule has 4 nitrogen and oxygen atoms in total. The predicted molar refractivity (Wildman–Crippen MR) is 75.1 cm³/mol. The molecule has 2 aromatic rings. The van der Waals surface area contributed by atoms with E-state index < -0.39 is 0 Å². The average molecular weight is 285 g/mol. The lowest BCUT2D eigenvalue weighted by Crippen LogP contribution is -2.24. The van der Waals surface area contributed by atoms with Crippen LogP contribution in [0.25, 0.3) is 0 Å². The highest BCUT2D eigenvalue weighted by Gasteiger charge is 2.17. The van der Waals surface area contributed by atoms with Crippen molar-refractivity contribution in [3.63, 3.8) is 0 Å². The molecular weight excluding hydrogens is 268 g/mol. The molecule has 2 rings (SSSR count). The zero-order chi connectivity index (χ0) is 13.0. The van der Waals surface area contributed by atoms with E-state index in [9.17, 15) is 0 Å². The molecule has 6 heteroatoms. The summed E-state index contributed by atoms with van der Waals surface area (Å²) in [7, 11) is 1.88. The van der Waals surface area contributed by atoms with Crippen LogP contribution in [-0.2, 0) is 13.5 Å². The first-order valence-corrected chi connectivity index (χ1v) is 7.28. The van der Waals surface area contributed by atoms with E-state index in [1.165, 1.54) is 4.88 Å². The lowest BCUT2D eigenvalue weighted by atomic mass is 10.1. The van der Waals surface area contributed by atoms with Crippen molar-refractivity contribution >= 4 is 22.9 Å². The second-order valence-corrected chi connectivity index (χ2v) is 5.63. The summed E-state index contributed by atoms with van der Waals surface area (Å²) in [6, 6.07) is 2.12. The number of hydrogen-bond acceptors (Lipinski definition) is 4. The van der Waals surface area contributed by atoms with E-state index in [0.29, 0.717) is 0 Å². The van der Waals surface area contributed by atoms with Crippen LogP contribution in [0.4, 0.5) is 0 Å². The van der Waals surface area contributed by atoms with Crippen molar-refractivity contribution in [1.82, 2.24) is 20.3 Å². The summed E-state index contributed by atoms with van der Waals surface area (Å²) in [5.41, 5.74) is 0.968. The molecule has 0 amide bonds. The number of nitrogens with zero attached hydrogens (tertiary/aromatic N) is 3. The number of hydrogen-bond donors (Lipinski definition) is 1.